The molecule has 1 saturated heterocycles. The van der Waals surface area contributed by atoms with Crippen LogP contribution in [0.25, 0.3) is 0 Å². The van der Waals surface area contributed by atoms with E-state index in [1.807, 2.05) is 0 Å². The first-order chi connectivity index (χ1) is 6.62. The van der Waals surface area contributed by atoms with Gasteiger partial charge in [0.2, 0.25) is 0 Å². The monoisotopic (exact) mass is 230 g/mol. The van der Waals surface area contributed by atoms with Gasteiger partial charge >= 0.3 is 8.56 Å². The number of hydrogen-bond donors (Lipinski definition) is 0. The molecule has 0 amide bonds. The fourth-order valence-corrected chi connectivity index (χ4v) is 4.84. The highest BCUT2D eigenvalue weighted by Gasteiger charge is 2.53. The second-order valence-electron chi connectivity index (χ2n) is 6.23. The van der Waals surface area contributed by atoms with Gasteiger partial charge in [-0.3, -0.25) is 0 Å². The van der Waals surface area contributed by atoms with Gasteiger partial charge in [-0.25, -0.2) is 0 Å². The van der Waals surface area contributed by atoms with Crippen LogP contribution < -0.4 is 0 Å². The average molecular weight is 230 g/mol. The van der Waals surface area contributed by atoms with Gasteiger partial charge in [0.15, 0.2) is 0 Å². The van der Waals surface area contributed by atoms with Crippen molar-refractivity contribution in [1.29, 1.82) is 0 Å². The van der Waals surface area contributed by atoms with Crippen molar-refractivity contribution in [3.05, 3.63) is 0 Å². The van der Waals surface area contributed by atoms with E-state index in [1.165, 1.54) is 0 Å². The van der Waals surface area contributed by atoms with E-state index in [4.69, 9.17) is 8.85 Å². The van der Waals surface area contributed by atoms with Crippen molar-refractivity contribution < 1.29 is 8.85 Å². The molecule has 0 aromatic rings. The fourth-order valence-electron chi connectivity index (χ4n) is 2.12. The molecule has 3 heteroatoms. The van der Waals surface area contributed by atoms with E-state index in [9.17, 15) is 0 Å². The maximum Gasteiger partial charge on any atom is 0.341 e. The van der Waals surface area contributed by atoms with Gasteiger partial charge in [0, 0.05) is 11.1 Å². The van der Waals surface area contributed by atoms with Gasteiger partial charge < -0.3 is 8.85 Å². The van der Waals surface area contributed by atoms with E-state index in [0.717, 1.165) is 12.8 Å². The molecule has 0 radical (unpaired) electrons. The maximum absolute atomic E-state index is 6.36. The first kappa shape index (κ1) is 13.2. The Kier molecular flexibility index (Phi) is 3.40. The van der Waals surface area contributed by atoms with Crippen molar-refractivity contribution in [3.63, 3.8) is 0 Å². The Morgan fingerprint density at radius 3 is 2.33 bits per heavy atom. The molecular weight excluding hydrogens is 204 g/mol. The lowest BCUT2D eigenvalue weighted by molar-refractivity contribution is -0.0636. The lowest BCUT2D eigenvalue weighted by atomic mass is 9.96. The van der Waals surface area contributed by atoms with Gasteiger partial charge in [0.25, 0.3) is 0 Å². The summed E-state index contributed by atoms with van der Waals surface area (Å²) in [7, 11) is -2.06. The third-order valence-electron chi connectivity index (χ3n) is 3.70. The minimum absolute atomic E-state index is 0.0198. The van der Waals surface area contributed by atoms with E-state index < -0.39 is 8.56 Å². The van der Waals surface area contributed by atoms with Crippen molar-refractivity contribution in [1.82, 2.24) is 0 Å². The zero-order chi connectivity index (χ0) is 11.9. The molecule has 3 atom stereocenters. The number of rotatable bonds is 1. The topological polar surface area (TPSA) is 18.5 Å². The van der Waals surface area contributed by atoms with Gasteiger partial charge in [-0.15, -0.1) is 0 Å². The van der Waals surface area contributed by atoms with Crippen molar-refractivity contribution >= 4 is 8.56 Å². The summed E-state index contributed by atoms with van der Waals surface area (Å²) in [6.45, 7) is 15.5. The van der Waals surface area contributed by atoms with Gasteiger partial charge in [-0.1, -0.05) is 27.7 Å². The van der Waals surface area contributed by atoms with Crippen LogP contribution in [0.15, 0.2) is 0 Å². The molecule has 2 nitrogen and oxygen atoms in total. The van der Waals surface area contributed by atoms with Gasteiger partial charge in [0.05, 0.1) is 5.60 Å². The van der Waals surface area contributed by atoms with E-state index >= 15 is 0 Å². The van der Waals surface area contributed by atoms with Gasteiger partial charge in [-0.2, -0.15) is 0 Å². The molecule has 0 N–H and O–H groups in total. The lowest BCUT2D eigenvalue weighted by Gasteiger charge is -2.51. The Morgan fingerprint density at radius 1 is 1.40 bits per heavy atom. The largest absolute Gasteiger partial charge is 0.391 e. The van der Waals surface area contributed by atoms with E-state index in [2.05, 4.69) is 48.1 Å². The van der Waals surface area contributed by atoms with Gasteiger partial charge in [0.1, 0.15) is 0 Å². The smallest absolute Gasteiger partial charge is 0.341 e. The van der Waals surface area contributed by atoms with Crippen LogP contribution in [-0.4, -0.2) is 20.3 Å². The van der Waals surface area contributed by atoms with Crippen LogP contribution in [0.2, 0.25) is 11.6 Å². The average Bonchev–Trinajstić information content (AvgIpc) is 1.99. The predicted octanol–water partition coefficient (Wildman–Crippen LogP) is 3.85. The Hall–Kier alpha value is 0.137. The Bertz CT molecular complexity index is 236. The summed E-state index contributed by atoms with van der Waals surface area (Å²) in [4.78, 5) is 0. The van der Waals surface area contributed by atoms with Crippen LogP contribution in [-0.2, 0) is 8.85 Å². The van der Waals surface area contributed by atoms with Crippen molar-refractivity contribution in [2.75, 3.05) is 0 Å². The normalized spacial score (nSPS) is 43.0. The predicted molar refractivity (Wildman–Crippen MR) is 66.3 cm³/mol. The third kappa shape index (κ3) is 2.63. The van der Waals surface area contributed by atoms with Crippen LogP contribution >= 0.6 is 0 Å². The second-order valence-corrected chi connectivity index (χ2v) is 10.1. The van der Waals surface area contributed by atoms with Crippen LogP contribution in [0.4, 0.5) is 0 Å². The van der Waals surface area contributed by atoms with Crippen LogP contribution in [0.1, 0.15) is 54.4 Å². The SMILES string of the molecule is CCC1(C)CC(C)O[Si](C)(C(C)(C)C)O1. The molecule has 1 heterocycles. The van der Waals surface area contributed by atoms with E-state index in [0.29, 0.717) is 6.10 Å². The molecule has 15 heavy (non-hydrogen) atoms. The zero-order valence-corrected chi connectivity index (χ0v) is 12.3. The van der Waals surface area contributed by atoms with Crippen LogP contribution in [0.5, 0.6) is 0 Å². The molecule has 0 saturated carbocycles. The second kappa shape index (κ2) is 3.86. The summed E-state index contributed by atoms with van der Waals surface area (Å²) in [6, 6.07) is 0. The molecule has 1 rings (SSSR count). The van der Waals surface area contributed by atoms with Gasteiger partial charge in [-0.05, 0) is 33.2 Å². The fraction of sp³-hybridized carbons (Fsp3) is 1.00. The molecule has 0 aliphatic carbocycles. The Labute approximate surface area is 95.6 Å². The summed E-state index contributed by atoms with van der Waals surface area (Å²) in [5.74, 6) is 0. The maximum atomic E-state index is 6.36. The van der Waals surface area contributed by atoms with Crippen LogP contribution in [0.3, 0.4) is 0 Å². The van der Waals surface area contributed by atoms with Crippen molar-refractivity contribution in [2.45, 2.75) is 77.7 Å². The highest BCUT2D eigenvalue weighted by atomic mass is 28.4. The first-order valence-electron chi connectivity index (χ1n) is 6.00. The van der Waals surface area contributed by atoms with E-state index in [1.54, 1.807) is 0 Å². The molecule has 1 fully saturated rings. The quantitative estimate of drug-likeness (QED) is 0.637. The minimum Gasteiger partial charge on any atom is -0.391 e. The summed E-state index contributed by atoms with van der Waals surface area (Å²) in [5, 5.41) is 0.137. The van der Waals surface area contributed by atoms with Crippen LogP contribution in [0, 0.1) is 0 Å². The zero-order valence-electron chi connectivity index (χ0n) is 11.3. The highest BCUT2D eigenvalue weighted by molar-refractivity contribution is 6.69. The Balaban J connectivity index is 2.93. The molecular formula is C12H26O2Si. The molecule has 0 spiro atoms. The molecule has 0 aromatic heterocycles. The summed E-state index contributed by atoms with van der Waals surface area (Å²) < 4.78 is 12.5. The molecule has 0 aromatic carbocycles. The van der Waals surface area contributed by atoms with E-state index in [-0.39, 0.29) is 10.6 Å². The highest BCUT2D eigenvalue weighted by Crippen LogP contribution is 2.45. The van der Waals surface area contributed by atoms with Crippen molar-refractivity contribution in [2.24, 2.45) is 0 Å². The summed E-state index contributed by atoms with van der Waals surface area (Å²) in [5.41, 5.74) is 0.0198. The molecule has 1 aliphatic heterocycles. The summed E-state index contributed by atoms with van der Waals surface area (Å²) in [6.07, 6.45) is 2.42. The minimum atomic E-state index is -2.06. The molecule has 3 unspecified atom stereocenters. The number of hydrogen-bond acceptors (Lipinski definition) is 2. The Morgan fingerprint density at radius 2 is 1.93 bits per heavy atom. The first-order valence-corrected chi connectivity index (χ1v) is 8.31. The van der Waals surface area contributed by atoms with Crippen molar-refractivity contribution in [3.8, 4) is 0 Å². The lowest BCUT2D eigenvalue weighted by Crippen LogP contribution is -2.59. The molecule has 90 valence electrons. The molecule has 1 aliphatic rings. The third-order valence-corrected chi connectivity index (χ3v) is 8.16. The standard InChI is InChI=1S/C12H26O2Si/c1-8-12(6)9-10(2)13-15(7,14-12)11(3,4)5/h10H,8-9H2,1-7H3. The summed E-state index contributed by atoms with van der Waals surface area (Å²) >= 11 is 0. The molecule has 0 bridgehead atoms.